The number of fused-ring (bicyclic) bond motifs is 1. The van der Waals surface area contributed by atoms with E-state index in [2.05, 4.69) is 4.98 Å². The Morgan fingerprint density at radius 1 is 1.17 bits per heavy atom. The minimum absolute atomic E-state index is 0.575. The van der Waals surface area contributed by atoms with Crippen molar-refractivity contribution in [3.05, 3.63) is 54.6 Å². The highest BCUT2D eigenvalue weighted by molar-refractivity contribution is 5.94. The lowest BCUT2D eigenvalue weighted by molar-refractivity contribution is 0.170. The highest BCUT2D eigenvalue weighted by Gasteiger charge is 2.10. The van der Waals surface area contributed by atoms with Crippen LogP contribution >= 0.6 is 0 Å². The monoisotopic (exact) mass is 239 g/mol. The molecule has 0 spiro atoms. The van der Waals surface area contributed by atoms with Crippen molar-refractivity contribution in [2.75, 3.05) is 0 Å². The first kappa shape index (κ1) is 11.0. The molecular formula is C15H13NO2. The average Bonchev–Trinajstić information content (AvgIpc) is 2.87. The molecule has 0 aliphatic heterocycles. The van der Waals surface area contributed by atoms with Gasteiger partial charge in [-0.15, -0.1) is 0 Å². The summed E-state index contributed by atoms with van der Waals surface area (Å²) in [5.41, 5.74) is 0.993. The van der Waals surface area contributed by atoms with Crippen molar-refractivity contribution in [2.24, 2.45) is 0 Å². The van der Waals surface area contributed by atoms with Gasteiger partial charge in [0.1, 0.15) is 17.6 Å². The van der Waals surface area contributed by atoms with Crippen molar-refractivity contribution in [1.82, 2.24) is 4.98 Å². The van der Waals surface area contributed by atoms with Crippen molar-refractivity contribution in [1.29, 1.82) is 0 Å². The summed E-state index contributed by atoms with van der Waals surface area (Å²) in [5, 5.41) is 11.7. The number of rotatable bonds is 2. The number of furan rings is 1. The number of pyridine rings is 1. The first-order valence-electron chi connectivity index (χ1n) is 5.86. The van der Waals surface area contributed by atoms with E-state index in [0.29, 0.717) is 5.76 Å². The maximum Gasteiger partial charge on any atom is 0.135 e. The number of aliphatic hydroxyl groups is 1. The van der Waals surface area contributed by atoms with Crippen LogP contribution in [0.4, 0.5) is 0 Å². The molecule has 1 aromatic carbocycles. The Morgan fingerprint density at radius 3 is 2.83 bits per heavy atom. The lowest BCUT2D eigenvalue weighted by atomic mass is 10.1. The van der Waals surface area contributed by atoms with Crippen molar-refractivity contribution >= 4 is 10.8 Å². The van der Waals surface area contributed by atoms with Gasteiger partial charge in [0.25, 0.3) is 0 Å². The Kier molecular flexibility index (Phi) is 2.61. The third kappa shape index (κ3) is 1.79. The second-order valence-electron chi connectivity index (χ2n) is 4.28. The molecule has 1 atom stereocenters. The van der Waals surface area contributed by atoms with Gasteiger partial charge in [-0.3, -0.25) is 4.98 Å². The van der Waals surface area contributed by atoms with E-state index < -0.39 is 6.10 Å². The molecule has 0 aliphatic rings. The molecule has 3 nitrogen and oxygen atoms in total. The summed E-state index contributed by atoms with van der Waals surface area (Å²) in [5.74, 6) is 1.33. The van der Waals surface area contributed by atoms with Crippen LogP contribution in [-0.4, -0.2) is 10.1 Å². The third-order valence-corrected chi connectivity index (χ3v) is 2.99. The number of aromatic nitrogens is 1. The Morgan fingerprint density at radius 2 is 2.06 bits per heavy atom. The van der Waals surface area contributed by atoms with Gasteiger partial charge < -0.3 is 9.52 Å². The minimum Gasteiger partial charge on any atom is -0.458 e. The smallest absolute Gasteiger partial charge is 0.135 e. The molecule has 0 bridgehead atoms. The molecule has 2 heterocycles. The van der Waals surface area contributed by atoms with Gasteiger partial charge in [-0.25, -0.2) is 0 Å². The number of nitrogens with zero attached hydrogens (tertiary/aromatic N) is 1. The van der Waals surface area contributed by atoms with E-state index in [0.717, 1.165) is 22.1 Å². The molecule has 90 valence electrons. The Labute approximate surface area is 105 Å². The maximum absolute atomic E-state index is 9.49. The molecule has 0 saturated carbocycles. The Hall–Kier alpha value is -2.13. The summed E-state index contributed by atoms with van der Waals surface area (Å²) in [6, 6.07) is 11.7. The molecule has 0 aliphatic carbocycles. The quantitative estimate of drug-likeness (QED) is 0.743. The van der Waals surface area contributed by atoms with Crippen molar-refractivity contribution in [2.45, 2.75) is 13.0 Å². The summed E-state index contributed by atoms with van der Waals surface area (Å²) < 4.78 is 5.66. The van der Waals surface area contributed by atoms with E-state index in [1.165, 1.54) is 0 Å². The minimum atomic E-state index is -0.591. The van der Waals surface area contributed by atoms with Crippen LogP contribution in [-0.2, 0) is 0 Å². The van der Waals surface area contributed by atoms with Crippen LogP contribution in [0.25, 0.3) is 22.1 Å². The molecule has 0 saturated heterocycles. The first-order valence-corrected chi connectivity index (χ1v) is 5.86. The highest BCUT2D eigenvalue weighted by atomic mass is 16.4. The summed E-state index contributed by atoms with van der Waals surface area (Å²) in [4.78, 5) is 4.15. The van der Waals surface area contributed by atoms with E-state index in [9.17, 15) is 5.11 Å². The molecule has 1 unspecified atom stereocenters. The number of aliphatic hydroxyl groups excluding tert-OH is 1. The van der Waals surface area contributed by atoms with Gasteiger partial charge in [-0.05, 0) is 30.5 Å². The van der Waals surface area contributed by atoms with E-state index in [1.807, 2.05) is 36.5 Å². The molecule has 2 aromatic heterocycles. The lowest BCUT2D eigenvalue weighted by Gasteiger charge is -2.03. The number of benzene rings is 1. The van der Waals surface area contributed by atoms with Crippen LogP contribution in [0.2, 0.25) is 0 Å². The van der Waals surface area contributed by atoms with Gasteiger partial charge in [0.2, 0.25) is 0 Å². The number of hydrogen-bond donors (Lipinski definition) is 1. The Balaban J connectivity index is 2.18. The van der Waals surface area contributed by atoms with E-state index in [4.69, 9.17) is 4.42 Å². The topological polar surface area (TPSA) is 46.3 Å². The molecule has 3 rings (SSSR count). The second kappa shape index (κ2) is 4.27. The summed E-state index contributed by atoms with van der Waals surface area (Å²) in [6.07, 6.45) is 3.01. The summed E-state index contributed by atoms with van der Waals surface area (Å²) >= 11 is 0. The van der Waals surface area contributed by atoms with Crippen LogP contribution in [0.3, 0.4) is 0 Å². The fourth-order valence-corrected chi connectivity index (χ4v) is 2.05. The van der Waals surface area contributed by atoms with Crippen molar-refractivity contribution in [3.63, 3.8) is 0 Å². The lowest BCUT2D eigenvalue weighted by Crippen LogP contribution is -1.86. The van der Waals surface area contributed by atoms with E-state index in [-0.39, 0.29) is 0 Å². The zero-order valence-corrected chi connectivity index (χ0v) is 10.00. The number of hydrogen-bond acceptors (Lipinski definition) is 3. The van der Waals surface area contributed by atoms with Gasteiger partial charge in [-0.1, -0.05) is 18.2 Å². The van der Waals surface area contributed by atoms with Gasteiger partial charge in [0.15, 0.2) is 0 Å². The van der Waals surface area contributed by atoms with Crippen LogP contribution < -0.4 is 0 Å². The largest absolute Gasteiger partial charge is 0.458 e. The normalized spacial score (nSPS) is 12.8. The second-order valence-corrected chi connectivity index (χ2v) is 4.28. The molecule has 3 heteroatoms. The molecular weight excluding hydrogens is 226 g/mol. The van der Waals surface area contributed by atoms with Crippen LogP contribution in [0.15, 0.2) is 53.2 Å². The van der Waals surface area contributed by atoms with Crippen LogP contribution in [0, 0.1) is 0 Å². The summed E-state index contributed by atoms with van der Waals surface area (Å²) in [6.45, 7) is 1.69. The SMILES string of the molecule is CC(O)c1ccc(-c2cccc3ccncc23)o1. The summed E-state index contributed by atoms with van der Waals surface area (Å²) in [7, 11) is 0. The first-order chi connectivity index (χ1) is 8.75. The van der Waals surface area contributed by atoms with Gasteiger partial charge >= 0.3 is 0 Å². The highest BCUT2D eigenvalue weighted by Crippen LogP contribution is 2.30. The fraction of sp³-hybridized carbons (Fsp3) is 0.133. The maximum atomic E-state index is 9.49. The van der Waals surface area contributed by atoms with Gasteiger partial charge in [-0.2, -0.15) is 0 Å². The average molecular weight is 239 g/mol. The predicted molar refractivity (Wildman–Crippen MR) is 70.1 cm³/mol. The molecule has 0 amide bonds. The molecule has 3 aromatic rings. The van der Waals surface area contributed by atoms with E-state index >= 15 is 0 Å². The zero-order valence-electron chi connectivity index (χ0n) is 10.00. The van der Waals surface area contributed by atoms with Crippen LogP contribution in [0.1, 0.15) is 18.8 Å². The van der Waals surface area contributed by atoms with E-state index in [1.54, 1.807) is 19.2 Å². The molecule has 0 radical (unpaired) electrons. The van der Waals surface area contributed by atoms with Crippen LogP contribution in [0.5, 0.6) is 0 Å². The van der Waals surface area contributed by atoms with Gasteiger partial charge in [0, 0.05) is 23.3 Å². The third-order valence-electron chi connectivity index (χ3n) is 2.99. The Bertz CT molecular complexity index is 680. The van der Waals surface area contributed by atoms with Crippen molar-refractivity contribution in [3.8, 4) is 11.3 Å². The molecule has 0 fully saturated rings. The molecule has 1 N–H and O–H groups in total. The predicted octanol–water partition coefficient (Wildman–Crippen LogP) is 3.55. The van der Waals surface area contributed by atoms with Crippen molar-refractivity contribution < 1.29 is 9.52 Å². The van der Waals surface area contributed by atoms with Gasteiger partial charge in [0.05, 0.1) is 0 Å². The fourth-order valence-electron chi connectivity index (χ4n) is 2.05. The standard InChI is InChI=1S/C15H13NO2/c1-10(17)14-5-6-15(18-14)12-4-2-3-11-7-8-16-9-13(11)12/h2-10,17H,1H3. The molecule has 18 heavy (non-hydrogen) atoms. The zero-order chi connectivity index (χ0) is 12.5.